The summed E-state index contributed by atoms with van der Waals surface area (Å²) >= 11 is 0. The summed E-state index contributed by atoms with van der Waals surface area (Å²) in [5.41, 5.74) is 1.24. The number of carbonyl (C=O) groups excluding carboxylic acids is 2. The lowest BCUT2D eigenvalue weighted by Crippen LogP contribution is -2.17. The van der Waals surface area contributed by atoms with Crippen molar-refractivity contribution >= 4 is 17.6 Å². The third-order valence-corrected chi connectivity index (χ3v) is 3.38. The van der Waals surface area contributed by atoms with Gasteiger partial charge in [-0.15, -0.1) is 0 Å². The quantitative estimate of drug-likeness (QED) is 0.673. The second-order valence-electron chi connectivity index (χ2n) is 5.07. The lowest BCUT2D eigenvalue weighted by atomic mass is 10.1. The first-order valence-electron chi connectivity index (χ1n) is 7.28. The molecule has 0 aromatic heterocycles. The number of carbonyl (C=O) groups is 2. The Morgan fingerprint density at radius 3 is 2.27 bits per heavy atom. The van der Waals surface area contributed by atoms with Crippen LogP contribution in [0.25, 0.3) is 0 Å². The molecule has 22 heavy (non-hydrogen) atoms. The number of hydrogen-bond acceptors (Lipinski definition) is 3. The average molecular weight is 297 g/mol. The van der Waals surface area contributed by atoms with Gasteiger partial charge in [0.1, 0.15) is 5.75 Å². The molecule has 1 N–H and O–H groups in total. The van der Waals surface area contributed by atoms with Crippen LogP contribution in [-0.4, -0.2) is 11.9 Å². The number of nitrogens with one attached hydrogen (secondary N) is 1. The highest BCUT2D eigenvalue weighted by molar-refractivity contribution is 6.04. The number of benzene rings is 2. The third-order valence-electron chi connectivity index (χ3n) is 3.38. The molecule has 2 rings (SSSR count). The van der Waals surface area contributed by atoms with E-state index in [1.54, 1.807) is 36.4 Å². The zero-order valence-corrected chi connectivity index (χ0v) is 12.7. The van der Waals surface area contributed by atoms with Crippen molar-refractivity contribution in [3.05, 3.63) is 60.2 Å². The molecule has 0 aliphatic carbocycles. The molecule has 1 amide bonds. The van der Waals surface area contributed by atoms with Crippen LogP contribution < -0.4 is 10.1 Å². The van der Waals surface area contributed by atoms with Crippen LogP contribution in [0, 0.1) is 5.92 Å². The van der Waals surface area contributed by atoms with E-state index in [1.165, 1.54) is 0 Å². The summed E-state index contributed by atoms with van der Waals surface area (Å²) in [5, 5.41) is 2.79. The van der Waals surface area contributed by atoms with Crippen molar-refractivity contribution in [2.24, 2.45) is 5.92 Å². The molecule has 114 valence electrons. The highest BCUT2D eigenvalue weighted by Gasteiger charge is 2.13. The number of esters is 1. The summed E-state index contributed by atoms with van der Waals surface area (Å²) in [5.74, 6) is -0.0750. The second-order valence-corrected chi connectivity index (χ2v) is 5.07. The minimum atomic E-state index is -0.247. The molecule has 2 aromatic carbocycles. The summed E-state index contributed by atoms with van der Waals surface area (Å²) in [7, 11) is 0. The molecule has 0 heterocycles. The second kappa shape index (κ2) is 7.41. The van der Waals surface area contributed by atoms with Crippen molar-refractivity contribution in [3.63, 3.8) is 0 Å². The van der Waals surface area contributed by atoms with Crippen LogP contribution in [0.2, 0.25) is 0 Å². The predicted octanol–water partition coefficient (Wildman–Crippen LogP) is 3.89. The van der Waals surface area contributed by atoms with Gasteiger partial charge in [0, 0.05) is 11.3 Å². The topological polar surface area (TPSA) is 55.4 Å². The summed E-state index contributed by atoms with van der Waals surface area (Å²) in [4.78, 5) is 23.7. The van der Waals surface area contributed by atoms with Gasteiger partial charge in [0.25, 0.3) is 5.91 Å². The molecule has 2 aromatic rings. The fourth-order valence-electron chi connectivity index (χ4n) is 1.78. The Morgan fingerprint density at radius 2 is 1.68 bits per heavy atom. The minimum Gasteiger partial charge on any atom is -0.426 e. The summed E-state index contributed by atoms with van der Waals surface area (Å²) in [6.45, 7) is 3.77. The molecule has 0 aliphatic rings. The van der Waals surface area contributed by atoms with E-state index in [-0.39, 0.29) is 17.8 Å². The van der Waals surface area contributed by atoms with Gasteiger partial charge in [-0.3, -0.25) is 9.59 Å². The molecule has 0 radical (unpaired) electrons. The Labute approximate surface area is 130 Å². The number of ether oxygens (including phenoxy) is 1. The first kappa shape index (κ1) is 15.8. The third kappa shape index (κ3) is 4.19. The molecule has 0 aliphatic heterocycles. The Kier molecular flexibility index (Phi) is 5.31. The monoisotopic (exact) mass is 297 g/mol. The van der Waals surface area contributed by atoms with Crippen molar-refractivity contribution in [2.45, 2.75) is 20.3 Å². The van der Waals surface area contributed by atoms with E-state index in [1.807, 2.05) is 32.0 Å². The predicted molar refractivity (Wildman–Crippen MR) is 85.9 cm³/mol. The molecule has 1 atom stereocenters. The smallest absolute Gasteiger partial charge is 0.314 e. The van der Waals surface area contributed by atoms with Gasteiger partial charge in [0.2, 0.25) is 0 Å². The molecule has 0 bridgehead atoms. The summed E-state index contributed by atoms with van der Waals surface area (Å²) in [6, 6.07) is 15.7. The van der Waals surface area contributed by atoms with Gasteiger partial charge in [-0.1, -0.05) is 32.0 Å². The van der Waals surface area contributed by atoms with E-state index in [2.05, 4.69) is 5.32 Å². The molecule has 4 heteroatoms. The highest BCUT2D eigenvalue weighted by atomic mass is 16.5. The van der Waals surface area contributed by atoms with E-state index in [9.17, 15) is 9.59 Å². The van der Waals surface area contributed by atoms with Crippen molar-refractivity contribution in [3.8, 4) is 5.75 Å². The maximum atomic E-state index is 12.0. The van der Waals surface area contributed by atoms with E-state index >= 15 is 0 Å². The Hall–Kier alpha value is -2.62. The van der Waals surface area contributed by atoms with Crippen LogP contribution in [0.4, 0.5) is 5.69 Å². The van der Waals surface area contributed by atoms with Gasteiger partial charge in [-0.05, 0) is 42.8 Å². The molecule has 0 fully saturated rings. The van der Waals surface area contributed by atoms with Crippen molar-refractivity contribution in [1.82, 2.24) is 0 Å². The molecular formula is C18H19NO3. The average Bonchev–Trinajstić information content (AvgIpc) is 2.56. The van der Waals surface area contributed by atoms with Crippen LogP contribution in [0.5, 0.6) is 5.75 Å². The van der Waals surface area contributed by atoms with Crippen LogP contribution in [-0.2, 0) is 4.79 Å². The van der Waals surface area contributed by atoms with Gasteiger partial charge in [0.15, 0.2) is 0 Å². The normalized spacial score (nSPS) is 11.5. The first-order valence-corrected chi connectivity index (χ1v) is 7.28. The zero-order valence-electron chi connectivity index (χ0n) is 12.7. The van der Waals surface area contributed by atoms with E-state index in [0.717, 1.165) is 6.42 Å². The largest absolute Gasteiger partial charge is 0.426 e. The van der Waals surface area contributed by atoms with Gasteiger partial charge in [-0.25, -0.2) is 0 Å². The van der Waals surface area contributed by atoms with Crippen molar-refractivity contribution in [1.29, 1.82) is 0 Å². The summed E-state index contributed by atoms with van der Waals surface area (Å²) in [6.07, 6.45) is 0.740. The zero-order chi connectivity index (χ0) is 15.9. The Bertz CT molecular complexity index is 635. The van der Waals surface area contributed by atoms with Crippen LogP contribution in [0.15, 0.2) is 54.6 Å². The molecule has 0 saturated carbocycles. The van der Waals surface area contributed by atoms with Crippen molar-refractivity contribution in [2.75, 3.05) is 5.32 Å². The van der Waals surface area contributed by atoms with Crippen LogP contribution in [0.1, 0.15) is 30.6 Å². The molecule has 4 nitrogen and oxygen atoms in total. The van der Waals surface area contributed by atoms with Gasteiger partial charge < -0.3 is 10.1 Å². The SMILES string of the molecule is CCC(C)C(=O)Oc1ccc(NC(=O)c2ccccc2)cc1. The molecular weight excluding hydrogens is 278 g/mol. The maximum Gasteiger partial charge on any atom is 0.314 e. The van der Waals surface area contributed by atoms with Gasteiger partial charge in [0.05, 0.1) is 5.92 Å². The van der Waals surface area contributed by atoms with E-state index < -0.39 is 0 Å². The number of hydrogen-bond donors (Lipinski definition) is 1. The lowest BCUT2D eigenvalue weighted by molar-refractivity contribution is -0.138. The Balaban J connectivity index is 1.97. The van der Waals surface area contributed by atoms with Gasteiger partial charge >= 0.3 is 5.97 Å². The number of anilines is 1. The molecule has 0 spiro atoms. The molecule has 0 saturated heterocycles. The summed E-state index contributed by atoms with van der Waals surface area (Å²) < 4.78 is 5.26. The fourth-order valence-corrected chi connectivity index (χ4v) is 1.78. The van der Waals surface area contributed by atoms with E-state index in [4.69, 9.17) is 4.74 Å². The number of rotatable bonds is 5. The van der Waals surface area contributed by atoms with Crippen LogP contribution in [0.3, 0.4) is 0 Å². The standard InChI is InChI=1S/C18H19NO3/c1-3-13(2)18(21)22-16-11-9-15(10-12-16)19-17(20)14-7-5-4-6-8-14/h4-13H,3H2,1-2H3,(H,19,20). The number of amides is 1. The minimum absolute atomic E-state index is 0.127. The lowest BCUT2D eigenvalue weighted by Gasteiger charge is -2.10. The van der Waals surface area contributed by atoms with Crippen LogP contribution >= 0.6 is 0 Å². The molecule has 1 unspecified atom stereocenters. The van der Waals surface area contributed by atoms with Crippen molar-refractivity contribution < 1.29 is 14.3 Å². The van der Waals surface area contributed by atoms with E-state index in [0.29, 0.717) is 17.0 Å². The fraction of sp³-hybridized carbons (Fsp3) is 0.222. The highest BCUT2D eigenvalue weighted by Crippen LogP contribution is 2.18. The Morgan fingerprint density at radius 1 is 1.05 bits per heavy atom. The first-order chi connectivity index (χ1) is 10.6. The maximum absolute atomic E-state index is 12.0. The van der Waals surface area contributed by atoms with Gasteiger partial charge in [-0.2, -0.15) is 0 Å².